The summed E-state index contributed by atoms with van der Waals surface area (Å²) < 4.78 is 14.6. The van der Waals surface area contributed by atoms with Crippen molar-refractivity contribution >= 4 is 7.82 Å². The molecule has 1 aliphatic rings. The van der Waals surface area contributed by atoms with Gasteiger partial charge in [-0.2, -0.15) is 0 Å². The van der Waals surface area contributed by atoms with Crippen molar-refractivity contribution < 1.29 is 29.1 Å². The number of hydrogen-bond donors (Lipinski definition) is 5. The molecule has 0 radical (unpaired) electrons. The maximum atomic E-state index is 10.4. The Balaban J connectivity index is 2.48. The van der Waals surface area contributed by atoms with Crippen molar-refractivity contribution in [2.75, 3.05) is 6.61 Å². The molecule has 0 aliphatic heterocycles. The van der Waals surface area contributed by atoms with Gasteiger partial charge in [-0.1, -0.05) is 0 Å². The summed E-state index contributed by atoms with van der Waals surface area (Å²) >= 11 is 0. The van der Waals surface area contributed by atoms with Crippen molar-refractivity contribution in [1.82, 2.24) is 0 Å². The molecule has 0 bridgehead atoms. The highest BCUT2D eigenvalue weighted by atomic mass is 31.2. The van der Waals surface area contributed by atoms with Crippen LogP contribution in [0.25, 0.3) is 0 Å². The maximum Gasteiger partial charge on any atom is 0.469 e. The molecule has 14 heavy (non-hydrogen) atoms. The number of rotatable bonds is 3. The molecule has 84 valence electrons. The highest BCUT2D eigenvalue weighted by molar-refractivity contribution is 7.46. The zero-order chi connectivity index (χ0) is 10.9. The minimum absolute atomic E-state index is 0.205. The lowest BCUT2D eigenvalue weighted by Crippen LogP contribution is -2.34. The first-order chi connectivity index (χ1) is 6.31. The molecule has 6 N–H and O–H groups in total. The van der Waals surface area contributed by atoms with E-state index in [0.717, 1.165) is 0 Å². The molecule has 4 atom stereocenters. The quantitative estimate of drug-likeness (QED) is 0.358. The molecule has 0 spiro atoms. The molecule has 0 aromatic rings. The fourth-order valence-corrected chi connectivity index (χ4v) is 1.90. The van der Waals surface area contributed by atoms with Crippen LogP contribution in [0.2, 0.25) is 0 Å². The molecule has 7 nitrogen and oxygen atoms in total. The van der Waals surface area contributed by atoms with Gasteiger partial charge in [0, 0.05) is 12.0 Å². The molecule has 0 amide bonds. The van der Waals surface area contributed by atoms with Gasteiger partial charge in [0.1, 0.15) is 0 Å². The van der Waals surface area contributed by atoms with Crippen molar-refractivity contribution in [2.45, 2.75) is 24.7 Å². The van der Waals surface area contributed by atoms with Gasteiger partial charge in [0.25, 0.3) is 0 Å². The molecule has 1 saturated carbocycles. The normalized spacial score (nSPS) is 38.9. The van der Waals surface area contributed by atoms with Crippen molar-refractivity contribution in [3.05, 3.63) is 0 Å². The molecule has 1 rings (SSSR count). The molecular formula is C6H14NO6P. The van der Waals surface area contributed by atoms with Crippen LogP contribution in [0, 0.1) is 5.92 Å². The molecule has 0 aromatic heterocycles. The Bertz CT molecular complexity index is 242. The van der Waals surface area contributed by atoms with Crippen LogP contribution in [0.3, 0.4) is 0 Å². The van der Waals surface area contributed by atoms with E-state index in [1.165, 1.54) is 0 Å². The van der Waals surface area contributed by atoms with Gasteiger partial charge in [-0.3, -0.25) is 4.52 Å². The highest BCUT2D eigenvalue weighted by Gasteiger charge is 2.40. The third-order valence-corrected chi connectivity index (χ3v) is 2.82. The summed E-state index contributed by atoms with van der Waals surface area (Å²) in [5.41, 5.74) is 5.54. The Kier molecular flexibility index (Phi) is 3.65. The van der Waals surface area contributed by atoms with E-state index < -0.39 is 32.0 Å². The third-order valence-electron chi connectivity index (χ3n) is 2.33. The fourth-order valence-electron chi connectivity index (χ4n) is 1.54. The van der Waals surface area contributed by atoms with Gasteiger partial charge in [-0.05, 0) is 6.42 Å². The van der Waals surface area contributed by atoms with Crippen LogP contribution in [-0.4, -0.2) is 44.9 Å². The molecule has 0 aromatic carbocycles. The third kappa shape index (κ3) is 2.99. The molecule has 0 saturated heterocycles. The van der Waals surface area contributed by atoms with Gasteiger partial charge in [-0.25, -0.2) is 4.57 Å². The van der Waals surface area contributed by atoms with Gasteiger partial charge >= 0.3 is 7.82 Å². The van der Waals surface area contributed by atoms with Crippen LogP contribution in [0.4, 0.5) is 0 Å². The van der Waals surface area contributed by atoms with Gasteiger partial charge in [0.2, 0.25) is 0 Å². The summed E-state index contributed by atoms with van der Waals surface area (Å²) in [7, 11) is -4.54. The van der Waals surface area contributed by atoms with Crippen LogP contribution < -0.4 is 5.73 Å². The van der Waals surface area contributed by atoms with E-state index in [1.54, 1.807) is 0 Å². The first-order valence-corrected chi connectivity index (χ1v) is 5.66. The second kappa shape index (κ2) is 4.24. The highest BCUT2D eigenvalue weighted by Crippen LogP contribution is 2.38. The number of phosphoric acid groups is 1. The Morgan fingerprint density at radius 3 is 2.36 bits per heavy atom. The summed E-state index contributed by atoms with van der Waals surface area (Å²) in [5.74, 6) is -0.641. The summed E-state index contributed by atoms with van der Waals surface area (Å²) in [5, 5.41) is 18.6. The number of phosphoric ester groups is 1. The lowest BCUT2D eigenvalue weighted by atomic mass is 10.0. The minimum Gasteiger partial charge on any atom is -0.390 e. The predicted molar refractivity (Wildman–Crippen MR) is 46.1 cm³/mol. The van der Waals surface area contributed by atoms with Crippen molar-refractivity contribution in [2.24, 2.45) is 11.7 Å². The fraction of sp³-hybridized carbons (Fsp3) is 1.00. The average molecular weight is 227 g/mol. The smallest absolute Gasteiger partial charge is 0.390 e. The largest absolute Gasteiger partial charge is 0.469 e. The van der Waals surface area contributed by atoms with E-state index in [2.05, 4.69) is 4.52 Å². The molecule has 4 unspecified atom stereocenters. The maximum absolute atomic E-state index is 10.4. The van der Waals surface area contributed by atoms with Crippen molar-refractivity contribution in [3.63, 3.8) is 0 Å². The van der Waals surface area contributed by atoms with Crippen molar-refractivity contribution in [1.29, 1.82) is 0 Å². The molecule has 8 heteroatoms. The second-order valence-electron chi connectivity index (χ2n) is 3.41. The Morgan fingerprint density at radius 2 is 2.00 bits per heavy atom. The van der Waals surface area contributed by atoms with Gasteiger partial charge < -0.3 is 25.7 Å². The predicted octanol–water partition coefficient (Wildman–Crippen LogP) is -1.84. The van der Waals surface area contributed by atoms with Gasteiger partial charge in [0.15, 0.2) is 0 Å². The zero-order valence-corrected chi connectivity index (χ0v) is 8.25. The molecule has 0 heterocycles. The van der Waals surface area contributed by atoms with Crippen LogP contribution in [-0.2, 0) is 9.09 Å². The first kappa shape index (κ1) is 12.1. The van der Waals surface area contributed by atoms with Gasteiger partial charge in [-0.15, -0.1) is 0 Å². The number of hydrogen-bond acceptors (Lipinski definition) is 5. The van der Waals surface area contributed by atoms with Crippen LogP contribution >= 0.6 is 7.82 Å². The van der Waals surface area contributed by atoms with Crippen molar-refractivity contribution in [3.8, 4) is 0 Å². The van der Waals surface area contributed by atoms with E-state index >= 15 is 0 Å². The first-order valence-electron chi connectivity index (χ1n) is 4.13. The van der Waals surface area contributed by atoms with E-state index in [4.69, 9.17) is 15.5 Å². The summed E-state index contributed by atoms with van der Waals surface area (Å²) in [6, 6.07) is -0.508. The summed E-state index contributed by atoms with van der Waals surface area (Å²) in [4.78, 5) is 16.8. The zero-order valence-electron chi connectivity index (χ0n) is 7.35. The number of aliphatic hydroxyl groups is 2. The molecule has 1 aliphatic carbocycles. The number of nitrogens with two attached hydrogens (primary N) is 1. The second-order valence-corrected chi connectivity index (χ2v) is 4.65. The SMILES string of the molecule is NC1CC(O)C(O)C1COP(=O)(O)O. The van der Waals surface area contributed by atoms with Crippen LogP contribution in [0.15, 0.2) is 0 Å². The van der Waals surface area contributed by atoms with Crippen LogP contribution in [0.5, 0.6) is 0 Å². The monoisotopic (exact) mass is 227 g/mol. The summed E-state index contributed by atoms with van der Waals surface area (Å²) in [6.07, 6.45) is -1.83. The Morgan fingerprint density at radius 1 is 1.43 bits per heavy atom. The average Bonchev–Trinajstić information content (AvgIpc) is 2.23. The molecule has 1 fully saturated rings. The standard InChI is InChI=1S/C6H14NO6P/c7-4-1-5(8)6(9)3(4)2-13-14(10,11)12/h3-6,8-9H,1-2,7H2,(H2,10,11,12). The lowest BCUT2D eigenvalue weighted by molar-refractivity contribution is 0.00559. The minimum atomic E-state index is -4.54. The summed E-state index contributed by atoms with van der Waals surface area (Å²) in [6.45, 7) is -0.357. The topological polar surface area (TPSA) is 133 Å². The van der Waals surface area contributed by atoms with E-state index in [9.17, 15) is 14.8 Å². The van der Waals surface area contributed by atoms with Gasteiger partial charge in [0.05, 0.1) is 18.8 Å². The molecular weight excluding hydrogens is 213 g/mol. The van der Waals surface area contributed by atoms with E-state index in [-0.39, 0.29) is 13.0 Å². The lowest BCUT2D eigenvalue weighted by Gasteiger charge is -2.19. The van der Waals surface area contributed by atoms with E-state index in [1.807, 2.05) is 0 Å². The Hall–Kier alpha value is -0.0100. The van der Waals surface area contributed by atoms with E-state index in [0.29, 0.717) is 0 Å². The number of aliphatic hydroxyl groups excluding tert-OH is 2. The van der Waals surface area contributed by atoms with Crippen LogP contribution in [0.1, 0.15) is 6.42 Å². The Labute approximate surface area is 80.7 Å².